The third kappa shape index (κ3) is 6.29. The zero-order valence-electron chi connectivity index (χ0n) is 11.5. The summed E-state index contributed by atoms with van der Waals surface area (Å²) in [4.78, 5) is 24.5. The van der Waals surface area contributed by atoms with Gasteiger partial charge in [-0.2, -0.15) is 11.8 Å². The molecule has 1 rings (SSSR count). The molecule has 0 spiro atoms. The number of amides is 1. The van der Waals surface area contributed by atoms with E-state index in [2.05, 4.69) is 6.92 Å². The van der Waals surface area contributed by atoms with Crippen LogP contribution < -0.4 is 0 Å². The SMILES string of the molecule is CCCCCOCC(=O)N1CCSCC1CC(=O)O. The highest BCUT2D eigenvalue weighted by Crippen LogP contribution is 2.19. The molecule has 0 aromatic rings. The molecule has 0 radical (unpaired) electrons. The van der Waals surface area contributed by atoms with Gasteiger partial charge in [0.1, 0.15) is 6.61 Å². The van der Waals surface area contributed by atoms with Gasteiger partial charge in [-0.1, -0.05) is 19.8 Å². The van der Waals surface area contributed by atoms with Crippen LogP contribution in [0.25, 0.3) is 0 Å². The van der Waals surface area contributed by atoms with Crippen LogP contribution in [0.15, 0.2) is 0 Å². The number of aliphatic carboxylic acids is 1. The number of thioether (sulfide) groups is 1. The lowest BCUT2D eigenvalue weighted by Gasteiger charge is -2.34. The van der Waals surface area contributed by atoms with Crippen LogP contribution in [0, 0.1) is 0 Å². The normalized spacial score (nSPS) is 19.4. The number of carboxylic acid groups (broad SMARTS) is 1. The lowest BCUT2D eigenvalue weighted by atomic mass is 10.2. The standard InChI is InChI=1S/C13H23NO4S/c1-2-3-4-6-18-9-12(15)14-5-7-19-10-11(14)8-13(16)17/h11H,2-10H2,1H3,(H,16,17). The molecule has 6 heteroatoms. The highest BCUT2D eigenvalue weighted by Gasteiger charge is 2.28. The Labute approximate surface area is 118 Å². The van der Waals surface area contributed by atoms with E-state index >= 15 is 0 Å². The zero-order chi connectivity index (χ0) is 14.1. The average Bonchev–Trinajstić information content (AvgIpc) is 2.38. The van der Waals surface area contributed by atoms with Crippen LogP contribution in [0.5, 0.6) is 0 Å². The maximum atomic E-state index is 12.0. The number of unbranched alkanes of at least 4 members (excludes halogenated alkanes) is 2. The molecular formula is C13H23NO4S. The van der Waals surface area contributed by atoms with Crippen LogP contribution in [0.2, 0.25) is 0 Å². The van der Waals surface area contributed by atoms with E-state index in [9.17, 15) is 9.59 Å². The Balaban J connectivity index is 2.32. The first kappa shape index (κ1) is 16.3. The first-order valence-electron chi connectivity index (χ1n) is 6.82. The lowest BCUT2D eigenvalue weighted by molar-refractivity contribution is -0.142. The summed E-state index contributed by atoms with van der Waals surface area (Å²) in [7, 11) is 0. The summed E-state index contributed by atoms with van der Waals surface area (Å²) < 4.78 is 5.36. The Kier molecular flexibility index (Phi) is 7.90. The maximum absolute atomic E-state index is 12.0. The fraction of sp³-hybridized carbons (Fsp3) is 0.846. The number of hydrogen-bond donors (Lipinski definition) is 1. The first-order chi connectivity index (χ1) is 9.15. The second kappa shape index (κ2) is 9.20. The molecule has 0 bridgehead atoms. The molecule has 0 aliphatic carbocycles. The number of carbonyl (C=O) groups excluding carboxylic acids is 1. The molecule has 1 atom stereocenters. The number of ether oxygens (including phenoxy) is 1. The van der Waals surface area contributed by atoms with Crippen LogP contribution in [-0.4, -0.2) is 59.2 Å². The Morgan fingerprint density at radius 1 is 1.42 bits per heavy atom. The third-order valence-corrected chi connectivity index (χ3v) is 4.17. The summed E-state index contributed by atoms with van der Waals surface area (Å²) in [6.07, 6.45) is 3.23. The molecule has 1 aliphatic heterocycles. The predicted molar refractivity (Wildman–Crippen MR) is 75.4 cm³/mol. The molecule has 1 aliphatic rings. The minimum absolute atomic E-state index is 0.0224. The van der Waals surface area contributed by atoms with Crippen molar-refractivity contribution in [3.63, 3.8) is 0 Å². The van der Waals surface area contributed by atoms with E-state index in [4.69, 9.17) is 9.84 Å². The summed E-state index contributed by atoms with van der Waals surface area (Å²) in [6.45, 7) is 3.42. The van der Waals surface area contributed by atoms with Crippen molar-refractivity contribution in [3.05, 3.63) is 0 Å². The fourth-order valence-electron chi connectivity index (χ4n) is 2.05. The summed E-state index contributed by atoms with van der Waals surface area (Å²) in [5, 5.41) is 8.86. The van der Waals surface area contributed by atoms with Crippen LogP contribution in [0.3, 0.4) is 0 Å². The van der Waals surface area contributed by atoms with Gasteiger partial charge in [0.2, 0.25) is 5.91 Å². The van der Waals surface area contributed by atoms with Gasteiger partial charge in [0, 0.05) is 24.7 Å². The minimum atomic E-state index is -0.853. The second-order valence-electron chi connectivity index (χ2n) is 4.67. The molecule has 1 saturated heterocycles. The molecule has 1 amide bonds. The number of nitrogens with zero attached hydrogens (tertiary/aromatic N) is 1. The first-order valence-corrected chi connectivity index (χ1v) is 7.97. The molecule has 1 heterocycles. The Bertz CT molecular complexity index is 298. The van der Waals surface area contributed by atoms with Crippen LogP contribution in [0.1, 0.15) is 32.6 Å². The van der Waals surface area contributed by atoms with Gasteiger partial charge in [-0.25, -0.2) is 0 Å². The molecule has 1 unspecified atom stereocenters. The van der Waals surface area contributed by atoms with E-state index in [0.29, 0.717) is 18.9 Å². The molecule has 0 aromatic heterocycles. The van der Waals surface area contributed by atoms with Gasteiger partial charge in [0.15, 0.2) is 0 Å². The van der Waals surface area contributed by atoms with E-state index in [0.717, 1.165) is 25.0 Å². The van der Waals surface area contributed by atoms with E-state index in [-0.39, 0.29) is 25.0 Å². The van der Waals surface area contributed by atoms with Gasteiger partial charge >= 0.3 is 5.97 Å². The molecule has 110 valence electrons. The molecule has 1 fully saturated rings. The summed E-state index contributed by atoms with van der Waals surface area (Å²) in [5.74, 6) is 0.642. The Morgan fingerprint density at radius 3 is 2.89 bits per heavy atom. The average molecular weight is 289 g/mol. The van der Waals surface area contributed by atoms with Gasteiger partial charge < -0.3 is 14.7 Å². The topological polar surface area (TPSA) is 66.8 Å². The maximum Gasteiger partial charge on any atom is 0.305 e. The van der Waals surface area contributed by atoms with Gasteiger partial charge in [-0.05, 0) is 6.42 Å². The number of carbonyl (C=O) groups is 2. The van der Waals surface area contributed by atoms with E-state index < -0.39 is 5.97 Å². The number of rotatable bonds is 8. The Morgan fingerprint density at radius 2 is 2.21 bits per heavy atom. The van der Waals surface area contributed by atoms with Crippen LogP contribution >= 0.6 is 11.8 Å². The van der Waals surface area contributed by atoms with Crippen molar-refractivity contribution in [1.29, 1.82) is 0 Å². The van der Waals surface area contributed by atoms with Gasteiger partial charge in [0.25, 0.3) is 0 Å². The van der Waals surface area contributed by atoms with Crippen molar-refractivity contribution in [2.75, 3.05) is 31.3 Å². The van der Waals surface area contributed by atoms with Crippen LogP contribution in [0.4, 0.5) is 0 Å². The van der Waals surface area contributed by atoms with Crippen molar-refractivity contribution in [3.8, 4) is 0 Å². The van der Waals surface area contributed by atoms with Gasteiger partial charge in [0.05, 0.1) is 12.5 Å². The fourth-order valence-corrected chi connectivity index (χ4v) is 3.11. The van der Waals surface area contributed by atoms with Crippen molar-refractivity contribution in [2.24, 2.45) is 0 Å². The summed E-state index contributed by atoms with van der Waals surface area (Å²) >= 11 is 1.70. The minimum Gasteiger partial charge on any atom is -0.481 e. The quantitative estimate of drug-likeness (QED) is 0.688. The molecular weight excluding hydrogens is 266 g/mol. The van der Waals surface area contributed by atoms with Crippen molar-refractivity contribution in [1.82, 2.24) is 4.90 Å². The largest absolute Gasteiger partial charge is 0.481 e. The molecule has 0 saturated carbocycles. The predicted octanol–water partition coefficient (Wildman–Crippen LogP) is 1.61. The Hall–Kier alpha value is -0.750. The summed E-state index contributed by atoms with van der Waals surface area (Å²) in [5.41, 5.74) is 0. The van der Waals surface area contributed by atoms with Gasteiger partial charge in [-0.3, -0.25) is 9.59 Å². The molecule has 19 heavy (non-hydrogen) atoms. The smallest absolute Gasteiger partial charge is 0.305 e. The lowest BCUT2D eigenvalue weighted by Crippen LogP contribution is -2.48. The van der Waals surface area contributed by atoms with Gasteiger partial charge in [-0.15, -0.1) is 0 Å². The van der Waals surface area contributed by atoms with Crippen molar-refractivity contribution in [2.45, 2.75) is 38.6 Å². The van der Waals surface area contributed by atoms with E-state index in [1.807, 2.05) is 0 Å². The highest BCUT2D eigenvalue weighted by atomic mass is 32.2. The van der Waals surface area contributed by atoms with E-state index in [1.54, 1.807) is 16.7 Å². The monoisotopic (exact) mass is 289 g/mol. The highest BCUT2D eigenvalue weighted by molar-refractivity contribution is 7.99. The zero-order valence-corrected chi connectivity index (χ0v) is 12.3. The van der Waals surface area contributed by atoms with Crippen molar-refractivity contribution < 1.29 is 19.4 Å². The number of hydrogen-bond acceptors (Lipinski definition) is 4. The second-order valence-corrected chi connectivity index (χ2v) is 5.82. The van der Waals surface area contributed by atoms with E-state index in [1.165, 1.54) is 0 Å². The molecule has 1 N–H and O–H groups in total. The summed E-state index contributed by atoms with van der Waals surface area (Å²) in [6, 6.07) is -0.192. The van der Waals surface area contributed by atoms with Crippen molar-refractivity contribution >= 4 is 23.6 Å². The van der Waals surface area contributed by atoms with Crippen LogP contribution in [-0.2, 0) is 14.3 Å². The molecule has 0 aromatic carbocycles. The molecule has 5 nitrogen and oxygen atoms in total. The third-order valence-electron chi connectivity index (χ3n) is 3.08. The number of carboxylic acids is 1.